The third kappa shape index (κ3) is 5.53. The maximum atomic E-state index is 4.25. The minimum Gasteiger partial charge on any atom is -0.0912 e. The molecule has 126 valence electrons. The van der Waals surface area contributed by atoms with E-state index in [4.69, 9.17) is 0 Å². The second kappa shape index (κ2) is 8.15. The van der Waals surface area contributed by atoms with Gasteiger partial charge >= 0.3 is 0 Å². The second-order valence-corrected chi connectivity index (χ2v) is 7.68. The number of benzene rings is 2. The zero-order chi connectivity index (χ0) is 17.6. The number of rotatable bonds is 6. The summed E-state index contributed by atoms with van der Waals surface area (Å²) in [4.78, 5) is 0. The molecule has 2 aromatic carbocycles. The molecular formula is C24H30. The summed E-state index contributed by atoms with van der Waals surface area (Å²) >= 11 is 0. The van der Waals surface area contributed by atoms with Crippen molar-refractivity contribution in [3.8, 4) is 0 Å². The van der Waals surface area contributed by atoms with Crippen LogP contribution in [0, 0.1) is 0 Å². The molecule has 2 aromatic rings. The number of aryl methyl sites for hydroxylation is 1. The van der Waals surface area contributed by atoms with Crippen molar-refractivity contribution in [3.63, 3.8) is 0 Å². The summed E-state index contributed by atoms with van der Waals surface area (Å²) in [5.41, 5.74) is 6.70. The van der Waals surface area contributed by atoms with Crippen LogP contribution in [-0.2, 0) is 11.8 Å². The molecule has 0 bridgehead atoms. The van der Waals surface area contributed by atoms with Crippen LogP contribution in [0.25, 0.3) is 5.57 Å². The molecular weight excluding hydrogens is 288 g/mol. The highest BCUT2D eigenvalue weighted by Crippen LogP contribution is 2.25. The Labute approximate surface area is 147 Å². The SMILES string of the molecule is C=C(/C=C(\C)CCCc1ccccc1)c1ccc(C(C)(C)C)cc1. The summed E-state index contributed by atoms with van der Waals surface area (Å²) in [6.45, 7) is 13.2. The van der Waals surface area contributed by atoms with Crippen LogP contribution < -0.4 is 0 Å². The predicted octanol–water partition coefficient (Wildman–Crippen LogP) is 6.97. The van der Waals surface area contributed by atoms with E-state index in [0.29, 0.717) is 0 Å². The summed E-state index contributed by atoms with van der Waals surface area (Å²) < 4.78 is 0. The molecule has 0 unspecified atom stereocenters. The molecule has 2 rings (SSSR count). The Morgan fingerprint density at radius 1 is 0.958 bits per heavy atom. The first-order chi connectivity index (χ1) is 11.4. The van der Waals surface area contributed by atoms with Crippen molar-refractivity contribution in [3.05, 3.63) is 89.5 Å². The highest BCUT2D eigenvalue weighted by atomic mass is 14.2. The fourth-order valence-electron chi connectivity index (χ4n) is 2.85. The molecule has 0 N–H and O–H groups in total. The van der Waals surface area contributed by atoms with Crippen molar-refractivity contribution < 1.29 is 0 Å². The van der Waals surface area contributed by atoms with Crippen molar-refractivity contribution in [2.75, 3.05) is 0 Å². The lowest BCUT2D eigenvalue weighted by Gasteiger charge is -2.19. The van der Waals surface area contributed by atoms with Gasteiger partial charge in [-0.15, -0.1) is 0 Å². The molecule has 0 aliphatic rings. The van der Waals surface area contributed by atoms with Crippen LogP contribution in [-0.4, -0.2) is 0 Å². The molecule has 0 atom stereocenters. The van der Waals surface area contributed by atoms with Gasteiger partial charge in [0.25, 0.3) is 0 Å². The highest BCUT2D eigenvalue weighted by molar-refractivity contribution is 5.72. The van der Waals surface area contributed by atoms with E-state index in [1.807, 2.05) is 0 Å². The Bertz CT molecular complexity index is 679. The molecule has 0 saturated heterocycles. The minimum absolute atomic E-state index is 0.197. The number of hydrogen-bond acceptors (Lipinski definition) is 0. The minimum atomic E-state index is 0.197. The van der Waals surface area contributed by atoms with Gasteiger partial charge in [0.05, 0.1) is 0 Å². The zero-order valence-corrected chi connectivity index (χ0v) is 15.6. The van der Waals surface area contributed by atoms with E-state index in [1.54, 1.807) is 0 Å². The van der Waals surface area contributed by atoms with E-state index < -0.39 is 0 Å². The third-order valence-corrected chi connectivity index (χ3v) is 4.42. The Morgan fingerprint density at radius 3 is 2.17 bits per heavy atom. The molecule has 24 heavy (non-hydrogen) atoms. The van der Waals surface area contributed by atoms with Crippen LogP contribution in [0.15, 0.2) is 72.8 Å². The molecule has 0 saturated carbocycles. The van der Waals surface area contributed by atoms with Crippen molar-refractivity contribution >= 4 is 5.57 Å². The third-order valence-electron chi connectivity index (χ3n) is 4.42. The maximum Gasteiger partial charge on any atom is -0.0132 e. The molecule has 0 nitrogen and oxygen atoms in total. The summed E-state index contributed by atoms with van der Waals surface area (Å²) in [6.07, 6.45) is 5.67. The Kier molecular flexibility index (Phi) is 6.20. The first-order valence-electron chi connectivity index (χ1n) is 8.87. The molecule has 0 fully saturated rings. The van der Waals surface area contributed by atoms with E-state index in [2.05, 4.69) is 94.9 Å². The number of hydrogen-bond donors (Lipinski definition) is 0. The smallest absolute Gasteiger partial charge is 0.0132 e. The predicted molar refractivity (Wildman–Crippen MR) is 107 cm³/mol. The molecule has 0 amide bonds. The molecule has 0 heterocycles. The standard InChI is InChI=1S/C24H30/c1-19(10-9-13-21-11-7-6-8-12-21)18-20(2)22-14-16-23(17-15-22)24(3,4)5/h6-8,11-12,14-18H,2,9-10,13H2,1,3-5H3/b19-18+. The average Bonchev–Trinajstić information content (AvgIpc) is 2.55. The summed E-state index contributed by atoms with van der Waals surface area (Å²) in [5.74, 6) is 0. The van der Waals surface area contributed by atoms with Crippen molar-refractivity contribution in [1.29, 1.82) is 0 Å². The van der Waals surface area contributed by atoms with Crippen LogP contribution in [0.3, 0.4) is 0 Å². The zero-order valence-electron chi connectivity index (χ0n) is 15.6. The first kappa shape index (κ1) is 18.3. The Hall–Kier alpha value is -2.08. The lowest BCUT2D eigenvalue weighted by Crippen LogP contribution is -2.10. The molecule has 0 heteroatoms. The van der Waals surface area contributed by atoms with E-state index >= 15 is 0 Å². The van der Waals surface area contributed by atoms with Gasteiger partial charge in [-0.25, -0.2) is 0 Å². The first-order valence-corrected chi connectivity index (χ1v) is 8.87. The van der Waals surface area contributed by atoms with Crippen molar-refractivity contribution in [2.45, 2.75) is 52.4 Å². The largest absolute Gasteiger partial charge is 0.0912 e. The van der Waals surface area contributed by atoms with Gasteiger partial charge < -0.3 is 0 Å². The summed E-state index contributed by atoms with van der Waals surface area (Å²) in [5, 5.41) is 0. The Morgan fingerprint density at radius 2 is 1.58 bits per heavy atom. The van der Waals surface area contributed by atoms with Gasteiger partial charge in [-0.05, 0) is 53.9 Å². The second-order valence-electron chi connectivity index (χ2n) is 7.68. The fourth-order valence-corrected chi connectivity index (χ4v) is 2.85. The molecule has 0 aliphatic carbocycles. The molecule has 0 aliphatic heterocycles. The van der Waals surface area contributed by atoms with Crippen LogP contribution in [0.5, 0.6) is 0 Å². The molecule has 0 aromatic heterocycles. The van der Waals surface area contributed by atoms with Gasteiger partial charge in [0.1, 0.15) is 0 Å². The van der Waals surface area contributed by atoms with Gasteiger partial charge in [-0.1, -0.05) is 93.6 Å². The normalized spacial score (nSPS) is 12.2. The summed E-state index contributed by atoms with van der Waals surface area (Å²) in [7, 11) is 0. The van der Waals surface area contributed by atoms with Crippen molar-refractivity contribution in [1.82, 2.24) is 0 Å². The Balaban J connectivity index is 1.91. The topological polar surface area (TPSA) is 0 Å². The van der Waals surface area contributed by atoms with Gasteiger partial charge in [-0.2, -0.15) is 0 Å². The van der Waals surface area contributed by atoms with Crippen LogP contribution in [0.2, 0.25) is 0 Å². The van der Waals surface area contributed by atoms with Gasteiger partial charge in [0.15, 0.2) is 0 Å². The van der Waals surface area contributed by atoms with Gasteiger partial charge in [0, 0.05) is 0 Å². The van der Waals surface area contributed by atoms with Crippen LogP contribution in [0.1, 0.15) is 57.2 Å². The van der Waals surface area contributed by atoms with Gasteiger partial charge in [0.2, 0.25) is 0 Å². The van der Waals surface area contributed by atoms with Crippen LogP contribution in [0.4, 0.5) is 0 Å². The van der Waals surface area contributed by atoms with Crippen LogP contribution >= 0.6 is 0 Å². The lowest BCUT2D eigenvalue weighted by atomic mass is 9.86. The van der Waals surface area contributed by atoms with E-state index in [1.165, 1.54) is 28.7 Å². The number of allylic oxidation sites excluding steroid dienone is 3. The van der Waals surface area contributed by atoms with E-state index in [-0.39, 0.29) is 5.41 Å². The quantitative estimate of drug-likeness (QED) is 0.505. The van der Waals surface area contributed by atoms with Gasteiger partial charge in [-0.3, -0.25) is 0 Å². The fraction of sp³-hybridized carbons (Fsp3) is 0.333. The molecule has 0 radical (unpaired) electrons. The lowest BCUT2D eigenvalue weighted by molar-refractivity contribution is 0.590. The maximum absolute atomic E-state index is 4.25. The monoisotopic (exact) mass is 318 g/mol. The average molecular weight is 319 g/mol. The molecule has 0 spiro atoms. The van der Waals surface area contributed by atoms with E-state index in [0.717, 1.165) is 18.4 Å². The van der Waals surface area contributed by atoms with E-state index in [9.17, 15) is 0 Å². The van der Waals surface area contributed by atoms with Crippen molar-refractivity contribution in [2.24, 2.45) is 0 Å². The summed E-state index contributed by atoms with van der Waals surface area (Å²) in [6, 6.07) is 19.5. The highest BCUT2D eigenvalue weighted by Gasteiger charge is 2.12.